The second-order valence-corrected chi connectivity index (χ2v) is 3.77. The monoisotopic (exact) mass is 180 g/mol. The maximum Gasteiger partial charge on any atom is 0.0866 e. The standard InChI is InChI=1S/C9H16N4/c1-13-4-2-3-7(13)5-9-8(10)6-11-12-9/h6-7H,2-5,10H2,1H3,(H,11,12)/t7-/m0/s1. The van der Waals surface area contributed by atoms with E-state index in [4.69, 9.17) is 5.73 Å². The van der Waals surface area contributed by atoms with Crippen LogP contribution < -0.4 is 5.73 Å². The van der Waals surface area contributed by atoms with Crippen molar-refractivity contribution in [1.82, 2.24) is 15.1 Å². The Bertz CT molecular complexity index is 281. The van der Waals surface area contributed by atoms with E-state index in [1.807, 2.05) is 0 Å². The summed E-state index contributed by atoms with van der Waals surface area (Å²) in [6.07, 6.45) is 5.30. The largest absolute Gasteiger partial charge is 0.396 e. The van der Waals surface area contributed by atoms with Gasteiger partial charge in [0.15, 0.2) is 0 Å². The van der Waals surface area contributed by atoms with Crippen LogP contribution in [0.5, 0.6) is 0 Å². The van der Waals surface area contributed by atoms with Gasteiger partial charge in [0.25, 0.3) is 0 Å². The van der Waals surface area contributed by atoms with E-state index >= 15 is 0 Å². The molecule has 0 radical (unpaired) electrons. The van der Waals surface area contributed by atoms with E-state index in [1.54, 1.807) is 6.20 Å². The number of rotatable bonds is 2. The van der Waals surface area contributed by atoms with E-state index in [9.17, 15) is 0 Å². The van der Waals surface area contributed by atoms with Gasteiger partial charge in [0.1, 0.15) is 0 Å². The van der Waals surface area contributed by atoms with Crippen LogP contribution in [0.4, 0.5) is 5.69 Å². The summed E-state index contributed by atoms with van der Waals surface area (Å²) in [5, 5.41) is 6.93. The maximum absolute atomic E-state index is 5.75. The summed E-state index contributed by atoms with van der Waals surface area (Å²) < 4.78 is 0. The minimum absolute atomic E-state index is 0.630. The van der Waals surface area contributed by atoms with Gasteiger partial charge < -0.3 is 10.6 Å². The number of nitrogens with one attached hydrogen (secondary N) is 1. The number of H-pyrrole nitrogens is 1. The molecule has 0 aliphatic carbocycles. The molecule has 0 bridgehead atoms. The van der Waals surface area contributed by atoms with Crippen molar-refractivity contribution in [2.45, 2.75) is 25.3 Å². The second-order valence-electron chi connectivity index (χ2n) is 3.77. The Kier molecular flexibility index (Phi) is 2.22. The molecule has 13 heavy (non-hydrogen) atoms. The number of nitrogens with zero attached hydrogens (tertiary/aromatic N) is 2. The molecule has 1 aliphatic heterocycles. The van der Waals surface area contributed by atoms with Crippen LogP contribution in [-0.4, -0.2) is 34.7 Å². The summed E-state index contributed by atoms with van der Waals surface area (Å²) in [5.74, 6) is 0. The molecule has 0 aromatic carbocycles. The van der Waals surface area contributed by atoms with Crippen molar-refractivity contribution in [2.75, 3.05) is 19.3 Å². The highest BCUT2D eigenvalue weighted by molar-refractivity contribution is 5.40. The zero-order chi connectivity index (χ0) is 9.26. The summed E-state index contributed by atoms with van der Waals surface area (Å²) in [7, 11) is 2.17. The fourth-order valence-corrected chi connectivity index (χ4v) is 1.95. The highest BCUT2D eigenvalue weighted by atomic mass is 15.2. The van der Waals surface area contributed by atoms with Crippen LogP contribution in [-0.2, 0) is 6.42 Å². The Morgan fingerprint density at radius 1 is 1.77 bits per heavy atom. The topological polar surface area (TPSA) is 57.9 Å². The number of hydrogen-bond donors (Lipinski definition) is 2. The lowest BCUT2D eigenvalue weighted by atomic mass is 10.1. The van der Waals surface area contributed by atoms with Crippen molar-refractivity contribution in [1.29, 1.82) is 0 Å². The first-order valence-corrected chi connectivity index (χ1v) is 4.75. The predicted molar refractivity (Wildman–Crippen MR) is 52.4 cm³/mol. The molecule has 1 aromatic rings. The van der Waals surface area contributed by atoms with E-state index in [1.165, 1.54) is 19.4 Å². The van der Waals surface area contributed by atoms with Crippen LogP contribution in [0.25, 0.3) is 0 Å². The molecule has 0 spiro atoms. The minimum atomic E-state index is 0.630. The number of nitrogen functional groups attached to an aromatic ring is 1. The lowest BCUT2D eigenvalue weighted by Gasteiger charge is -2.18. The van der Waals surface area contributed by atoms with Gasteiger partial charge in [0.05, 0.1) is 11.4 Å². The number of aromatic amines is 1. The smallest absolute Gasteiger partial charge is 0.0866 e. The van der Waals surface area contributed by atoms with Crippen LogP contribution in [0, 0.1) is 0 Å². The van der Waals surface area contributed by atoms with Gasteiger partial charge in [-0.25, -0.2) is 0 Å². The van der Waals surface area contributed by atoms with Crippen LogP contribution >= 0.6 is 0 Å². The van der Waals surface area contributed by atoms with Crippen LogP contribution in [0.1, 0.15) is 18.5 Å². The van der Waals surface area contributed by atoms with Crippen molar-refractivity contribution >= 4 is 5.69 Å². The minimum Gasteiger partial charge on any atom is -0.396 e. The van der Waals surface area contributed by atoms with Crippen molar-refractivity contribution in [3.05, 3.63) is 11.9 Å². The number of hydrogen-bond acceptors (Lipinski definition) is 3. The molecule has 2 heterocycles. The van der Waals surface area contributed by atoms with Gasteiger partial charge in [-0.2, -0.15) is 5.10 Å². The van der Waals surface area contributed by atoms with E-state index in [0.717, 1.165) is 17.8 Å². The first-order chi connectivity index (χ1) is 6.27. The third kappa shape index (κ3) is 1.67. The summed E-state index contributed by atoms with van der Waals surface area (Å²) >= 11 is 0. The van der Waals surface area contributed by atoms with Crippen molar-refractivity contribution in [3.8, 4) is 0 Å². The number of likely N-dealkylation sites (tertiary alicyclic amines) is 1. The van der Waals surface area contributed by atoms with E-state index in [2.05, 4.69) is 22.1 Å². The average molecular weight is 180 g/mol. The predicted octanol–water partition coefficient (Wildman–Crippen LogP) is 0.629. The van der Waals surface area contributed by atoms with Crippen LogP contribution in [0.2, 0.25) is 0 Å². The molecule has 1 aliphatic rings. The number of likely N-dealkylation sites (N-methyl/N-ethyl adjacent to an activating group) is 1. The lowest BCUT2D eigenvalue weighted by Crippen LogP contribution is -2.27. The molecule has 2 rings (SSSR count). The molecule has 0 amide bonds. The second kappa shape index (κ2) is 3.38. The quantitative estimate of drug-likeness (QED) is 0.701. The molecular formula is C9H16N4. The molecule has 1 aromatic heterocycles. The molecule has 72 valence electrons. The van der Waals surface area contributed by atoms with Gasteiger partial charge in [0, 0.05) is 18.7 Å². The zero-order valence-electron chi connectivity index (χ0n) is 7.95. The number of aromatic nitrogens is 2. The third-order valence-corrected chi connectivity index (χ3v) is 2.85. The van der Waals surface area contributed by atoms with Crippen LogP contribution in [0.15, 0.2) is 6.20 Å². The molecule has 0 unspecified atom stereocenters. The average Bonchev–Trinajstić information content (AvgIpc) is 2.65. The molecule has 1 atom stereocenters. The molecule has 3 N–H and O–H groups in total. The summed E-state index contributed by atoms with van der Waals surface area (Å²) in [6, 6.07) is 0.630. The molecule has 1 saturated heterocycles. The SMILES string of the molecule is CN1CCC[C@H]1Cc1n[nH]cc1N. The molecule has 1 fully saturated rings. The Morgan fingerprint density at radius 2 is 2.62 bits per heavy atom. The maximum atomic E-state index is 5.75. The van der Waals surface area contributed by atoms with E-state index in [-0.39, 0.29) is 0 Å². The molecule has 0 saturated carbocycles. The van der Waals surface area contributed by atoms with Crippen molar-refractivity contribution < 1.29 is 0 Å². The first kappa shape index (κ1) is 8.56. The Balaban J connectivity index is 2.01. The van der Waals surface area contributed by atoms with Crippen molar-refractivity contribution in [3.63, 3.8) is 0 Å². The summed E-state index contributed by atoms with van der Waals surface area (Å²) in [5.41, 5.74) is 7.56. The van der Waals surface area contributed by atoms with Gasteiger partial charge in [-0.05, 0) is 26.4 Å². The van der Waals surface area contributed by atoms with Gasteiger partial charge in [-0.1, -0.05) is 0 Å². The molecule has 4 heteroatoms. The highest BCUT2D eigenvalue weighted by Crippen LogP contribution is 2.20. The highest BCUT2D eigenvalue weighted by Gasteiger charge is 2.22. The molecular weight excluding hydrogens is 164 g/mol. The first-order valence-electron chi connectivity index (χ1n) is 4.75. The van der Waals surface area contributed by atoms with Gasteiger partial charge in [-0.3, -0.25) is 5.10 Å². The number of anilines is 1. The summed E-state index contributed by atoms with van der Waals surface area (Å²) in [4.78, 5) is 2.38. The fraction of sp³-hybridized carbons (Fsp3) is 0.667. The fourth-order valence-electron chi connectivity index (χ4n) is 1.95. The molecule has 4 nitrogen and oxygen atoms in total. The van der Waals surface area contributed by atoms with Crippen LogP contribution in [0.3, 0.4) is 0 Å². The van der Waals surface area contributed by atoms with Gasteiger partial charge >= 0.3 is 0 Å². The van der Waals surface area contributed by atoms with Crippen molar-refractivity contribution in [2.24, 2.45) is 0 Å². The Labute approximate surface area is 78.1 Å². The normalized spacial score (nSPS) is 23.9. The zero-order valence-corrected chi connectivity index (χ0v) is 7.95. The Morgan fingerprint density at radius 3 is 3.15 bits per heavy atom. The van der Waals surface area contributed by atoms with E-state index < -0.39 is 0 Å². The Hall–Kier alpha value is -1.03. The third-order valence-electron chi connectivity index (χ3n) is 2.85. The number of nitrogens with two attached hydrogens (primary N) is 1. The van der Waals surface area contributed by atoms with Gasteiger partial charge in [-0.15, -0.1) is 0 Å². The lowest BCUT2D eigenvalue weighted by molar-refractivity contribution is 0.308. The van der Waals surface area contributed by atoms with Gasteiger partial charge in [0.2, 0.25) is 0 Å². The van der Waals surface area contributed by atoms with E-state index in [0.29, 0.717) is 6.04 Å². The summed E-state index contributed by atoms with van der Waals surface area (Å²) in [6.45, 7) is 1.20.